The predicted molar refractivity (Wildman–Crippen MR) is 249 cm³/mol. The zero-order valence-corrected chi connectivity index (χ0v) is 33.5. The fraction of sp³-hybridized carbons (Fsp3) is 0.0179. The molecule has 1 spiro atoms. The number of benzene rings is 9. The van der Waals surface area contributed by atoms with Gasteiger partial charge in [0.15, 0.2) is 17.5 Å². The molecule has 2 aromatic heterocycles. The summed E-state index contributed by atoms with van der Waals surface area (Å²) in [4.78, 5) is 15.8. The van der Waals surface area contributed by atoms with Crippen LogP contribution in [0, 0.1) is 0 Å². The van der Waals surface area contributed by atoms with Gasteiger partial charge in [0.05, 0.1) is 5.41 Å². The van der Waals surface area contributed by atoms with E-state index in [1.54, 1.807) is 0 Å². The fourth-order valence-electron chi connectivity index (χ4n) is 9.89. The second-order valence-corrected chi connectivity index (χ2v) is 17.0. The number of thiophene rings is 1. The first-order valence-corrected chi connectivity index (χ1v) is 21.4. The Morgan fingerprint density at radius 1 is 0.361 bits per heavy atom. The van der Waals surface area contributed by atoms with Crippen LogP contribution in [0.2, 0.25) is 0 Å². The van der Waals surface area contributed by atoms with Crippen LogP contribution < -0.4 is 4.74 Å². The summed E-state index contributed by atoms with van der Waals surface area (Å²) in [5, 5.41) is 4.89. The van der Waals surface area contributed by atoms with Crippen molar-refractivity contribution in [1.29, 1.82) is 0 Å². The van der Waals surface area contributed by atoms with Crippen molar-refractivity contribution < 1.29 is 4.74 Å². The quantitative estimate of drug-likeness (QED) is 0.178. The number of para-hydroxylation sites is 2. The highest BCUT2D eigenvalue weighted by Crippen LogP contribution is 2.63. The molecule has 0 amide bonds. The summed E-state index contributed by atoms with van der Waals surface area (Å²) in [5.41, 5.74) is 11.4. The van der Waals surface area contributed by atoms with Crippen LogP contribution >= 0.6 is 11.3 Å². The molecule has 9 aromatic carbocycles. The van der Waals surface area contributed by atoms with E-state index in [4.69, 9.17) is 19.7 Å². The van der Waals surface area contributed by atoms with Gasteiger partial charge in [0, 0.05) is 48.0 Å². The number of ether oxygens (including phenoxy) is 1. The Bertz CT molecular complexity index is 3550. The van der Waals surface area contributed by atoms with Crippen molar-refractivity contribution in [1.82, 2.24) is 15.0 Å². The minimum Gasteiger partial charge on any atom is -0.457 e. The summed E-state index contributed by atoms with van der Waals surface area (Å²) in [6.07, 6.45) is 0. The van der Waals surface area contributed by atoms with Crippen LogP contribution in [-0.4, -0.2) is 15.0 Å². The monoisotopic (exact) mass is 795 g/mol. The van der Waals surface area contributed by atoms with E-state index in [-0.39, 0.29) is 0 Å². The average Bonchev–Trinajstić information content (AvgIpc) is 3.85. The Labute approximate surface area is 356 Å². The maximum atomic E-state index is 6.73. The molecule has 13 rings (SSSR count). The number of hydrogen-bond donors (Lipinski definition) is 0. The highest BCUT2D eigenvalue weighted by Gasteiger charge is 2.52. The molecule has 5 heteroatoms. The van der Waals surface area contributed by atoms with Crippen LogP contribution in [0.1, 0.15) is 22.3 Å². The Kier molecular flexibility index (Phi) is 7.36. The molecule has 1 aliphatic heterocycles. The van der Waals surface area contributed by atoms with Crippen LogP contribution in [0.5, 0.6) is 11.5 Å². The third kappa shape index (κ3) is 5.08. The van der Waals surface area contributed by atoms with Gasteiger partial charge in [0.25, 0.3) is 0 Å². The molecule has 0 atom stereocenters. The van der Waals surface area contributed by atoms with Crippen LogP contribution in [-0.2, 0) is 5.41 Å². The van der Waals surface area contributed by atoms with Crippen LogP contribution in [0.4, 0.5) is 0 Å². The zero-order valence-electron chi connectivity index (χ0n) is 32.7. The van der Waals surface area contributed by atoms with Crippen molar-refractivity contribution in [3.05, 3.63) is 222 Å². The SMILES string of the molecule is c1ccc(-c2nc(-c3ccc4ccccc4c3)nc(-c3cccc4c3-c3ccc(-c5ccc6sc7ccccc7c6c5)cc3C43c4ccccc4Oc4ccccc43)n2)cc1. The maximum Gasteiger partial charge on any atom is 0.164 e. The summed E-state index contributed by atoms with van der Waals surface area (Å²) in [5.74, 6) is 3.60. The van der Waals surface area contributed by atoms with E-state index in [2.05, 4.69) is 182 Å². The molecule has 0 fully saturated rings. The Balaban J connectivity index is 1.09. The first-order chi connectivity index (χ1) is 30.2. The largest absolute Gasteiger partial charge is 0.457 e. The van der Waals surface area contributed by atoms with Gasteiger partial charge in [-0.3, -0.25) is 0 Å². The summed E-state index contributed by atoms with van der Waals surface area (Å²) in [6, 6.07) is 71.4. The van der Waals surface area contributed by atoms with Crippen LogP contribution in [0.25, 0.3) is 87.4 Å². The lowest BCUT2D eigenvalue weighted by molar-refractivity contribution is 0.436. The second-order valence-electron chi connectivity index (χ2n) is 15.9. The third-order valence-electron chi connectivity index (χ3n) is 12.6. The lowest BCUT2D eigenvalue weighted by atomic mass is 9.66. The molecule has 0 N–H and O–H groups in total. The topological polar surface area (TPSA) is 47.9 Å². The lowest BCUT2D eigenvalue weighted by Gasteiger charge is -2.39. The number of aromatic nitrogens is 3. The summed E-state index contributed by atoms with van der Waals surface area (Å²) >= 11 is 1.85. The molecule has 0 bridgehead atoms. The van der Waals surface area contributed by atoms with Gasteiger partial charge in [0.1, 0.15) is 11.5 Å². The third-order valence-corrected chi connectivity index (χ3v) is 13.7. The van der Waals surface area contributed by atoms with E-state index in [0.717, 1.165) is 61.4 Å². The van der Waals surface area contributed by atoms with Crippen LogP contribution in [0.15, 0.2) is 200 Å². The highest BCUT2D eigenvalue weighted by molar-refractivity contribution is 7.25. The molecule has 61 heavy (non-hydrogen) atoms. The first kappa shape index (κ1) is 34.2. The van der Waals surface area contributed by atoms with Gasteiger partial charge in [-0.25, -0.2) is 15.0 Å². The molecule has 0 radical (unpaired) electrons. The molecule has 3 heterocycles. The molecule has 11 aromatic rings. The highest BCUT2D eigenvalue weighted by atomic mass is 32.1. The van der Waals surface area contributed by atoms with E-state index in [9.17, 15) is 0 Å². The van der Waals surface area contributed by atoms with Gasteiger partial charge >= 0.3 is 0 Å². The van der Waals surface area contributed by atoms with E-state index in [1.165, 1.54) is 42.2 Å². The molecule has 0 unspecified atom stereocenters. The summed E-state index contributed by atoms with van der Waals surface area (Å²) in [6.45, 7) is 0. The van der Waals surface area contributed by atoms with Gasteiger partial charge in [0.2, 0.25) is 0 Å². The standard InChI is InChI=1S/C56H33N3OS/c1-2-14-35(15-3-1)53-57-54(39-26-25-34-13-4-5-16-36(34)31-39)59-55(58-53)42-18-12-21-46-52(42)41-29-27-38(37-28-30-51-43(32-37)40-17-6-11-24-50(40)61-51)33-47(41)56(46)44-19-7-9-22-48(44)60-49-23-10-8-20-45(49)56/h1-33H. The average molecular weight is 796 g/mol. The first-order valence-electron chi connectivity index (χ1n) is 20.6. The second kappa shape index (κ2) is 13.1. The van der Waals surface area contributed by atoms with Gasteiger partial charge in [-0.15, -0.1) is 11.3 Å². The van der Waals surface area contributed by atoms with Crippen molar-refractivity contribution in [2.75, 3.05) is 0 Å². The molecule has 0 saturated carbocycles. The number of fused-ring (bicyclic) bond motifs is 13. The van der Waals surface area contributed by atoms with Crippen molar-refractivity contribution in [3.63, 3.8) is 0 Å². The van der Waals surface area contributed by atoms with Gasteiger partial charge in [-0.1, -0.05) is 158 Å². The minimum absolute atomic E-state index is 0.629. The fourth-order valence-corrected chi connectivity index (χ4v) is 11.0. The predicted octanol–water partition coefficient (Wildman–Crippen LogP) is 14.5. The Hall–Kier alpha value is -7.73. The Morgan fingerprint density at radius 3 is 1.82 bits per heavy atom. The van der Waals surface area contributed by atoms with Gasteiger partial charge < -0.3 is 4.74 Å². The zero-order chi connectivity index (χ0) is 40.1. The van der Waals surface area contributed by atoms with Crippen molar-refractivity contribution in [3.8, 4) is 67.9 Å². The number of hydrogen-bond acceptors (Lipinski definition) is 5. The molecular weight excluding hydrogens is 763 g/mol. The van der Waals surface area contributed by atoms with Gasteiger partial charge in [-0.2, -0.15) is 0 Å². The summed E-state index contributed by atoms with van der Waals surface area (Å²) < 4.78 is 9.33. The lowest BCUT2D eigenvalue weighted by Crippen LogP contribution is -2.32. The smallest absolute Gasteiger partial charge is 0.164 e. The van der Waals surface area contributed by atoms with E-state index >= 15 is 0 Å². The molecule has 2 aliphatic rings. The number of nitrogens with zero attached hydrogens (tertiary/aromatic N) is 3. The minimum atomic E-state index is -0.683. The molecule has 1 aliphatic carbocycles. The number of rotatable bonds is 4. The molecular formula is C56H33N3OS. The van der Waals surface area contributed by atoms with E-state index < -0.39 is 5.41 Å². The molecule has 4 nitrogen and oxygen atoms in total. The van der Waals surface area contributed by atoms with Crippen molar-refractivity contribution in [2.24, 2.45) is 0 Å². The normalized spacial score (nSPS) is 13.2. The van der Waals surface area contributed by atoms with Crippen molar-refractivity contribution in [2.45, 2.75) is 5.41 Å². The van der Waals surface area contributed by atoms with Crippen LogP contribution in [0.3, 0.4) is 0 Å². The summed E-state index contributed by atoms with van der Waals surface area (Å²) in [7, 11) is 0. The molecule has 0 saturated heterocycles. The Morgan fingerprint density at radius 2 is 0.984 bits per heavy atom. The van der Waals surface area contributed by atoms with Crippen molar-refractivity contribution >= 4 is 42.3 Å². The molecule has 284 valence electrons. The maximum absolute atomic E-state index is 6.73. The van der Waals surface area contributed by atoms with E-state index in [0.29, 0.717) is 17.5 Å². The van der Waals surface area contributed by atoms with E-state index in [1.807, 2.05) is 29.5 Å². The van der Waals surface area contributed by atoms with Gasteiger partial charge in [-0.05, 0) is 86.6 Å².